The van der Waals surface area contributed by atoms with E-state index in [1.165, 1.54) is 18.9 Å². The first-order chi connectivity index (χ1) is 13.5. The lowest BCUT2D eigenvalue weighted by Crippen LogP contribution is -2.12. The van der Waals surface area contributed by atoms with Crippen LogP contribution in [0.2, 0.25) is 0 Å². The molecule has 0 spiro atoms. The van der Waals surface area contributed by atoms with Gasteiger partial charge < -0.3 is 10.4 Å². The summed E-state index contributed by atoms with van der Waals surface area (Å²) in [5, 5.41) is 17.0. The Morgan fingerprint density at radius 3 is 2.82 bits per heavy atom. The number of anilines is 1. The number of rotatable bonds is 6. The lowest BCUT2D eigenvalue weighted by Gasteiger charge is -2.06. The molecule has 1 heterocycles. The molecule has 3 aromatic rings. The zero-order chi connectivity index (χ0) is 19.7. The van der Waals surface area contributed by atoms with E-state index < -0.39 is 17.7 Å². The SMILES string of the molecule is O=C(/C=C/c1ccc2c(cnn2CC2CC2)c1)Nc1cc(F)ccc1C(=O)O. The summed E-state index contributed by atoms with van der Waals surface area (Å²) in [4.78, 5) is 23.3. The van der Waals surface area contributed by atoms with Crippen LogP contribution in [0.25, 0.3) is 17.0 Å². The van der Waals surface area contributed by atoms with Crippen LogP contribution in [0.5, 0.6) is 0 Å². The van der Waals surface area contributed by atoms with Gasteiger partial charge in [-0.3, -0.25) is 9.48 Å². The Morgan fingerprint density at radius 2 is 2.07 bits per heavy atom. The van der Waals surface area contributed by atoms with Crippen molar-refractivity contribution in [2.75, 3.05) is 5.32 Å². The van der Waals surface area contributed by atoms with Gasteiger partial charge in [0.15, 0.2) is 0 Å². The van der Waals surface area contributed by atoms with Crippen LogP contribution in [0.1, 0.15) is 28.8 Å². The van der Waals surface area contributed by atoms with Crippen LogP contribution in [-0.4, -0.2) is 26.8 Å². The van der Waals surface area contributed by atoms with E-state index in [0.717, 1.165) is 47.1 Å². The molecular weight excluding hydrogens is 361 g/mol. The van der Waals surface area contributed by atoms with Crippen LogP contribution in [0.3, 0.4) is 0 Å². The molecule has 0 saturated heterocycles. The zero-order valence-electron chi connectivity index (χ0n) is 14.9. The van der Waals surface area contributed by atoms with E-state index >= 15 is 0 Å². The Labute approximate surface area is 160 Å². The molecule has 0 unspecified atom stereocenters. The van der Waals surface area contributed by atoms with Gasteiger partial charge in [0, 0.05) is 18.0 Å². The third-order valence-electron chi connectivity index (χ3n) is 4.69. The van der Waals surface area contributed by atoms with Gasteiger partial charge in [0.05, 0.1) is 23.0 Å². The first-order valence-electron chi connectivity index (χ1n) is 8.97. The van der Waals surface area contributed by atoms with Gasteiger partial charge in [0.1, 0.15) is 5.82 Å². The number of amides is 1. The van der Waals surface area contributed by atoms with E-state index in [2.05, 4.69) is 10.4 Å². The average Bonchev–Trinajstić information content (AvgIpc) is 3.39. The topological polar surface area (TPSA) is 84.2 Å². The Balaban J connectivity index is 1.48. The average molecular weight is 379 g/mol. The van der Waals surface area contributed by atoms with E-state index in [9.17, 15) is 14.0 Å². The number of carboxylic acids is 1. The number of hydrogen-bond donors (Lipinski definition) is 2. The van der Waals surface area contributed by atoms with Crippen molar-refractivity contribution >= 4 is 34.5 Å². The van der Waals surface area contributed by atoms with Crippen molar-refractivity contribution in [3.05, 3.63) is 65.6 Å². The largest absolute Gasteiger partial charge is 0.478 e. The molecule has 0 aliphatic heterocycles. The summed E-state index contributed by atoms with van der Waals surface area (Å²) in [6.07, 6.45) is 7.22. The maximum Gasteiger partial charge on any atom is 0.337 e. The van der Waals surface area contributed by atoms with Gasteiger partial charge in [-0.15, -0.1) is 0 Å². The Kier molecular flexibility index (Phi) is 4.65. The quantitative estimate of drug-likeness (QED) is 0.636. The predicted molar refractivity (Wildman–Crippen MR) is 103 cm³/mol. The maximum atomic E-state index is 13.4. The predicted octanol–water partition coefficient (Wildman–Crippen LogP) is 3.94. The lowest BCUT2D eigenvalue weighted by atomic mass is 10.1. The molecule has 6 nitrogen and oxygen atoms in total. The van der Waals surface area contributed by atoms with Crippen molar-refractivity contribution in [3.8, 4) is 0 Å². The van der Waals surface area contributed by atoms with Gasteiger partial charge in [-0.1, -0.05) is 6.07 Å². The number of benzene rings is 2. The molecule has 142 valence electrons. The number of carboxylic acid groups (broad SMARTS) is 1. The first-order valence-corrected chi connectivity index (χ1v) is 8.97. The molecule has 4 rings (SSSR count). The third kappa shape index (κ3) is 3.93. The van der Waals surface area contributed by atoms with Crippen molar-refractivity contribution < 1.29 is 19.1 Å². The fourth-order valence-electron chi connectivity index (χ4n) is 3.05. The second-order valence-electron chi connectivity index (χ2n) is 6.91. The number of carbonyl (C=O) groups excluding carboxylic acids is 1. The summed E-state index contributed by atoms with van der Waals surface area (Å²) >= 11 is 0. The third-order valence-corrected chi connectivity index (χ3v) is 4.69. The number of hydrogen-bond acceptors (Lipinski definition) is 3. The Bertz CT molecular complexity index is 1100. The van der Waals surface area contributed by atoms with Crippen LogP contribution in [0, 0.1) is 11.7 Å². The van der Waals surface area contributed by atoms with Crippen molar-refractivity contribution in [2.45, 2.75) is 19.4 Å². The van der Waals surface area contributed by atoms with Crippen molar-refractivity contribution in [3.63, 3.8) is 0 Å². The lowest BCUT2D eigenvalue weighted by molar-refractivity contribution is -0.111. The number of halogens is 1. The standard InChI is InChI=1S/C21H18FN3O3/c22-16-5-6-17(21(27)28)18(10-16)24-20(26)8-4-13-3-7-19-15(9-13)11-23-25(19)12-14-1-2-14/h3-11,14H,1-2,12H2,(H,24,26)(H,27,28)/b8-4+. The van der Waals surface area contributed by atoms with Crippen molar-refractivity contribution in [1.29, 1.82) is 0 Å². The van der Waals surface area contributed by atoms with Gasteiger partial charge in [-0.25, -0.2) is 9.18 Å². The Morgan fingerprint density at radius 1 is 1.25 bits per heavy atom. The Hall–Kier alpha value is -3.48. The van der Waals surface area contributed by atoms with Gasteiger partial charge >= 0.3 is 5.97 Å². The van der Waals surface area contributed by atoms with Crippen LogP contribution in [0.15, 0.2) is 48.7 Å². The molecule has 1 aromatic heterocycles. The summed E-state index contributed by atoms with van der Waals surface area (Å²) < 4.78 is 15.4. The second kappa shape index (κ2) is 7.26. The summed E-state index contributed by atoms with van der Waals surface area (Å²) in [6, 6.07) is 8.92. The second-order valence-corrected chi connectivity index (χ2v) is 6.91. The number of aromatic nitrogens is 2. The highest BCUT2D eigenvalue weighted by Crippen LogP contribution is 2.31. The minimum atomic E-state index is -1.24. The fourth-order valence-corrected chi connectivity index (χ4v) is 3.05. The molecule has 1 amide bonds. The van der Waals surface area contributed by atoms with E-state index in [1.807, 2.05) is 22.9 Å². The highest BCUT2D eigenvalue weighted by atomic mass is 19.1. The number of fused-ring (bicyclic) bond motifs is 1. The molecule has 1 aliphatic rings. The van der Waals surface area contributed by atoms with E-state index in [-0.39, 0.29) is 11.3 Å². The van der Waals surface area contributed by atoms with E-state index in [0.29, 0.717) is 0 Å². The highest BCUT2D eigenvalue weighted by Gasteiger charge is 2.22. The van der Waals surface area contributed by atoms with Crippen molar-refractivity contribution in [1.82, 2.24) is 9.78 Å². The van der Waals surface area contributed by atoms with Gasteiger partial charge in [-0.05, 0) is 60.7 Å². The molecule has 0 radical (unpaired) electrons. The summed E-state index contributed by atoms with van der Waals surface area (Å²) in [5.41, 5.74) is 1.61. The molecule has 1 saturated carbocycles. The monoisotopic (exact) mass is 379 g/mol. The van der Waals surface area contributed by atoms with E-state index in [4.69, 9.17) is 5.11 Å². The number of aromatic carboxylic acids is 1. The molecule has 1 aliphatic carbocycles. The minimum absolute atomic E-state index is 0.0843. The molecule has 2 N–H and O–H groups in total. The first kappa shape index (κ1) is 17.9. The molecule has 7 heteroatoms. The molecule has 28 heavy (non-hydrogen) atoms. The van der Waals surface area contributed by atoms with Gasteiger partial charge in [-0.2, -0.15) is 5.10 Å². The molecule has 0 atom stereocenters. The summed E-state index contributed by atoms with van der Waals surface area (Å²) in [7, 11) is 0. The van der Waals surface area contributed by atoms with Crippen LogP contribution in [-0.2, 0) is 11.3 Å². The molecular formula is C21H18FN3O3. The number of carbonyl (C=O) groups is 2. The fraction of sp³-hybridized carbons (Fsp3) is 0.190. The number of nitrogens with zero attached hydrogens (tertiary/aromatic N) is 2. The van der Waals surface area contributed by atoms with Gasteiger partial charge in [0.2, 0.25) is 5.91 Å². The van der Waals surface area contributed by atoms with Crippen LogP contribution < -0.4 is 5.32 Å². The van der Waals surface area contributed by atoms with Gasteiger partial charge in [0.25, 0.3) is 0 Å². The highest BCUT2D eigenvalue weighted by molar-refractivity contribution is 6.06. The zero-order valence-corrected chi connectivity index (χ0v) is 14.9. The molecule has 1 fully saturated rings. The molecule has 0 bridgehead atoms. The smallest absolute Gasteiger partial charge is 0.337 e. The van der Waals surface area contributed by atoms with E-state index in [1.54, 1.807) is 12.3 Å². The maximum absolute atomic E-state index is 13.4. The summed E-state index contributed by atoms with van der Waals surface area (Å²) in [5.74, 6) is -1.69. The summed E-state index contributed by atoms with van der Waals surface area (Å²) in [6.45, 7) is 0.931. The van der Waals surface area contributed by atoms with Crippen LogP contribution >= 0.6 is 0 Å². The molecule has 2 aromatic carbocycles. The van der Waals surface area contributed by atoms with Crippen molar-refractivity contribution in [2.24, 2.45) is 5.92 Å². The minimum Gasteiger partial charge on any atom is -0.478 e. The normalized spacial score (nSPS) is 13.9. The number of nitrogens with one attached hydrogen (secondary N) is 1. The van der Waals surface area contributed by atoms with Crippen LogP contribution in [0.4, 0.5) is 10.1 Å².